The maximum Gasteiger partial charge on any atom is 0.213 e. The number of benzene rings is 1. The molecule has 1 heterocycles. The topological polar surface area (TPSA) is 63.0 Å². The Hall–Kier alpha value is -2.45. The summed E-state index contributed by atoms with van der Waals surface area (Å²) in [4.78, 5) is 17.8. The van der Waals surface area contributed by atoms with E-state index >= 15 is 0 Å². The minimum Gasteiger partial charge on any atom is -0.481 e. The third kappa shape index (κ3) is 3.88. The number of carbonyl (C=O) groups is 1. The summed E-state index contributed by atoms with van der Waals surface area (Å²) in [7, 11) is -0.357. The van der Waals surface area contributed by atoms with Crippen LogP contribution in [0, 0.1) is 29.1 Å². The number of nitrogens with zero attached hydrogens (tertiary/aromatic N) is 2. The van der Waals surface area contributed by atoms with E-state index in [2.05, 4.69) is 55.3 Å². The lowest BCUT2D eigenvalue weighted by Crippen LogP contribution is -2.55. The Morgan fingerprint density at radius 1 is 1.18 bits per heavy atom. The molecule has 1 saturated carbocycles. The number of hydrogen-bond donors (Lipinski definition) is 0. The van der Waals surface area contributed by atoms with Gasteiger partial charge in [-0.05, 0) is 30.4 Å². The van der Waals surface area contributed by atoms with Crippen LogP contribution in [0.15, 0.2) is 48.5 Å². The number of methoxy groups -OCH3 is 1. The fourth-order valence-corrected chi connectivity index (χ4v) is 9.28. The number of carbonyl (C=O) groups excluding carboxylic acids is 1. The second kappa shape index (κ2) is 8.28. The Morgan fingerprint density at radius 3 is 2.54 bits per heavy atom. The van der Waals surface area contributed by atoms with Crippen molar-refractivity contribution in [3.8, 4) is 11.9 Å². The molecule has 0 spiro atoms. The largest absolute Gasteiger partial charge is 0.481 e. The van der Waals surface area contributed by atoms with E-state index in [1.54, 1.807) is 7.11 Å². The molecule has 146 valence electrons. The summed E-state index contributed by atoms with van der Waals surface area (Å²) in [6.45, 7) is 6.93. The van der Waals surface area contributed by atoms with E-state index in [1.807, 2.05) is 24.3 Å². The standard InChI is InChI=1S/C23H28N2O2Si/c1-16-13-17(15-24)22(26)20(14-18-9-8-12-21(25-18)27-2)23(16)28(3,4)19-10-6-5-7-11-19/h5-12,16-17,20,23H,13-14H2,1-4H3/t16-,17?,20+,23+/m1/s1. The molecule has 0 bridgehead atoms. The smallest absolute Gasteiger partial charge is 0.213 e. The van der Waals surface area contributed by atoms with Gasteiger partial charge in [0, 0.05) is 17.7 Å². The molecule has 28 heavy (non-hydrogen) atoms. The fraction of sp³-hybridized carbons (Fsp3) is 0.435. The minimum absolute atomic E-state index is 0.0896. The van der Waals surface area contributed by atoms with Gasteiger partial charge in [0.15, 0.2) is 5.78 Å². The van der Waals surface area contributed by atoms with E-state index in [-0.39, 0.29) is 17.2 Å². The molecule has 4 atom stereocenters. The van der Waals surface area contributed by atoms with Gasteiger partial charge < -0.3 is 4.74 Å². The molecule has 0 saturated heterocycles. The fourth-order valence-electron chi connectivity index (χ4n) is 5.00. The van der Waals surface area contributed by atoms with Gasteiger partial charge in [-0.2, -0.15) is 5.26 Å². The highest BCUT2D eigenvalue weighted by Crippen LogP contribution is 2.46. The molecule has 1 aromatic heterocycles. The molecule has 1 aliphatic rings. The van der Waals surface area contributed by atoms with Crippen LogP contribution in [0.1, 0.15) is 19.0 Å². The van der Waals surface area contributed by atoms with Crippen LogP contribution in [0.3, 0.4) is 0 Å². The number of Topliss-reactive ketones (excluding diaryl/α,β-unsaturated/α-hetero) is 1. The van der Waals surface area contributed by atoms with E-state index < -0.39 is 14.0 Å². The third-order valence-corrected chi connectivity index (χ3v) is 10.7. The van der Waals surface area contributed by atoms with E-state index in [0.29, 0.717) is 24.6 Å². The van der Waals surface area contributed by atoms with Crippen LogP contribution in [0.5, 0.6) is 5.88 Å². The molecular weight excluding hydrogens is 364 g/mol. The first-order valence-corrected chi connectivity index (χ1v) is 12.9. The zero-order valence-electron chi connectivity index (χ0n) is 17.1. The highest BCUT2D eigenvalue weighted by molar-refractivity contribution is 6.91. The van der Waals surface area contributed by atoms with Crippen molar-refractivity contribution in [2.45, 2.75) is 38.4 Å². The molecule has 1 aliphatic carbocycles. The number of ketones is 1. The van der Waals surface area contributed by atoms with Gasteiger partial charge in [-0.15, -0.1) is 0 Å². The molecule has 1 fully saturated rings. The van der Waals surface area contributed by atoms with Gasteiger partial charge in [0.05, 0.1) is 21.3 Å². The van der Waals surface area contributed by atoms with Gasteiger partial charge in [0.25, 0.3) is 0 Å². The van der Waals surface area contributed by atoms with E-state index in [0.717, 1.165) is 5.69 Å². The molecule has 1 aromatic carbocycles. The summed E-state index contributed by atoms with van der Waals surface area (Å²) < 4.78 is 5.26. The van der Waals surface area contributed by atoms with Gasteiger partial charge >= 0.3 is 0 Å². The molecule has 4 nitrogen and oxygen atoms in total. The number of hydrogen-bond acceptors (Lipinski definition) is 4. The second-order valence-corrected chi connectivity index (χ2v) is 13.1. The number of nitriles is 1. The van der Waals surface area contributed by atoms with Crippen LogP contribution in [0.2, 0.25) is 18.6 Å². The maximum absolute atomic E-state index is 13.3. The van der Waals surface area contributed by atoms with Crippen molar-refractivity contribution in [2.24, 2.45) is 17.8 Å². The number of rotatable bonds is 5. The molecule has 0 aliphatic heterocycles. The molecule has 3 rings (SSSR count). The van der Waals surface area contributed by atoms with Gasteiger partial charge in [0.1, 0.15) is 5.92 Å². The molecule has 2 aromatic rings. The summed E-state index contributed by atoms with van der Waals surface area (Å²) in [5.74, 6) is 0.269. The number of aromatic nitrogens is 1. The quantitative estimate of drug-likeness (QED) is 0.722. The van der Waals surface area contributed by atoms with Crippen molar-refractivity contribution < 1.29 is 9.53 Å². The Morgan fingerprint density at radius 2 is 1.89 bits per heavy atom. The normalized spacial score (nSPS) is 25.2. The van der Waals surface area contributed by atoms with Crippen molar-refractivity contribution in [1.29, 1.82) is 5.26 Å². The summed E-state index contributed by atoms with van der Waals surface area (Å²) in [6.07, 6.45) is 1.22. The Bertz CT molecular complexity index is 876. The van der Waals surface area contributed by atoms with E-state index in [1.165, 1.54) is 5.19 Å². The number of ether oxygens (including phenoxy) is 1. The predicted octanol–water partition coefficient (Wildman–Crippen LogP) is 3.98. The van der Waals surface area contributed by atoms with Gasteiger partial charge in [-0.25, -0.2) is 4.98 Å². The van der Waals surface area contributed by atoms with Crippen LogP contribution in [0.4, 0.5) is 0 Å². The molecule has 0 N–H and O–H groups in total. The highest BCUT2D eigenvalue weighted by atomic mass is 28.3. The van der Waals surface area contributed by atoms with Gasteiger partial charge in [-0.3, -0.25) is 4.79 Å². The first kappa shape index (κ1) is 20.3. The van der Waals surface area contributed by atoms with Crippen LogP contribution in [0.25, 0.3) is 0 Å². The Balaban J connectivity index is 2.01. The zero-order chi connectivity index (χ0) is 20.3. The highest BCUT2D eigenvalue weighted by Gasteiger charge is 2.50. The second-order valence-electron chi connectivity index (χ2n) is 8.39. The van der Waals surface area contributed by atoms with Crippen LogP contribution < -0.4 is 9.92 Å². The average Bonchev–Trinajstić information content (AvgIpc) is 2.71. The summed E-state index contributed by atoms with van der Waals surface area (Å²) in [6, 6.07) is 18.5. The zero-order valence-corrected chi connectivity index (χ0v) is 18.1. The minimum atomic E-state index is -1.95. The molecular formula is C23H28N2O2Si. The van der Waals surface area contributed by atoms with Gasteiger partial charge in [0.2, 0.25) is 5.88 Å². The van der Waals surface area contributed by atoms with Crippen molar-refractivity contribution >= 4 is 19.0 Å². The summed E-state index contributed by atoms with van der Waals surface area (Å²) in [5.41, 5.74) is 1.12. The SMILES string of the molecule is COc1cccc(C[C@H]2C(=O)C(C#N)C[C@@H](C)[C@@H]2[Si](C)(C)c2ccccc2)n1. The van der Waals surface area contributed by atoms with Crippen LogP contribution >= 0.6 is 0 Å². The Kier molecular flexibility index (Phi) is 6.00. The summed E-state index contributed by atoms with van der Waals surface area (Å²) in [5, 5.41) is 10.9. The summed E-state index contributed by atoms with van der Waals surface area (Å²) >= 11 is 0. The van der Waals surface area contributed by atoms with Crippen molar-refractivity contribution in [3.05, 3.63) is 54.2 Å². The first-order valence-electron chi connectivity index (χ1n) is 9.87. The molecule has 1 unspecified atom stereocenters. The van der Waals surface area contributed by atoms with Gasteiger partial charge in [-0.1, -0.05) is 61.6 Å². The van der Waals surface area contributed by atoms with Crippen molar-refractivity contribution in [3.63, 3.8) is 0 Å². The predicted molar refractivity (Wildman–Crippen MR) is 113 cm³/mol. The average molecular weight is 393 g/mol. The molecule has 0 radical (unpaired) electrons. The lowest BCUT2D eigenvalue weighted by Gasteiger charge is -2.45. The van der Waals surface area contributed by atoms with E-state index in [4.69, 9.17) is 4.74 Å². The molecule has 5 heteroatoms. The number of pyridine rings is 1. The first-order chi connectivity index (χ1) is 13.4. The monoisotopic (exact) mass is 392 g/mol. The van der Waals surface area contributed by atoms with Crippen LogP contribution in [-0.2, 0) is 11.2 Å². The third-order valence-electron chi connectivity index (χ3n) is 6.29. The van der Waals surface area contributed by atoms with Crippen molar-refractivity contribution in [1.82, 2.24) is 4.98 Å². The Labute approximate surface area is 168 Å². The lowest BCUT2D eigenvalue weighted by molar-refractivity contribution is -0.128. The molecule has 0 amide bonds. The maximum atomic E-state index is 13.3. The van der Waals surface area contributed by atoms with Crippen molar-refractivity contribution in [2.75, 3.05) is 7.11 Å². The lowest BCUT2D eigenvalue weighted by atomic mass is 9.73. The van der Waals surface area contributed by atoms with Crippen LogP contribution in [-0.4, -0.2) is 26.0 Å². The van der Waals surface area contributed by atoms with E-state index in [9.17, 15) is 10.1 Å².